The van der Waals surface area contributed by atoms with Crippen molar-refractivity contribution in [1.82, 2.24) is 29.8 Å². The summed E-state index contributed by atoms with van der Waals surface area (Å²) in [6.07, 6.45) is -0.735. The van der Waals surface area contributed by atoms with Gasteiger partial charge in [0.1, 0.15) is 42.0 Å². The molecule has 2 aliphatic heterocycles. The van der Waals surface area contributed by atoms with Crippen molar-refractivity contribution < 1.29 is 32.1 Å². The molecule has 6 unspecified atom stereocenters. The number of halogens is 6. The molecule has 0 aliphatic carbocycles. The third-order valence-electron chi connectivity index (χ3n) is 8.12. The Morgan fingerprint density at radius 1 is 1.04 bits per heavy atom. The first-order valence-electron chi connectivity index (χ1n) is 15.0. The number of ether oxygens (including phenoxy) is 4. The van der Waals surface area contributed by atoms with Gasteiger partial charge in [-0.3, -0.25) is 0 Å². The molecule has 2 aliphatic rings. The molecule has 6 atom stereocenters. The maximum absolute atomic E-state index is 14.2. The Morgan fingerprint density at radius 2 is 1.82 bits per heavy atom. The van der Waals surface area contributed by atoms with Crippen LogP contribution >= 0.6 is 39.1 Å². The van der Waals surface area contributed by atoms with Crippen LogP contribution in [0.1, 0.15) is 35.6 Å². The Hall–Kier alpha value is -3.63. The molecule has 0 N–H and O–H groups in total. The van der Waals surface area contributed by atoms with Crippen molar-refractivity contribution in [1.29, 1.82) is 0 Å². The number of hydrogen-bond donors (Lipinski definition) is 0. The summed E-state index contributed by atoms with van der Waals surface area (Å²) in [5, 5.41) is 14.0. The average molecular weight is 778 g/mol. The lowest BCUT2D eigenvalue weighted by Crippen LogP contribution is -2.57. The number of aryl methyl sites for hydroxylation is 1. The minimum absolute atomic E-state index is 0.0106. The second kappa shape index (κ2) is 14.3. The van der Waals surface area contributed by atoms with Crippen LogP contribution in [0, 0.1) is 24.4 Å². The van der Waals surface area contributed by atoms with Gasteiger partial charge in [-0.25, -0.2) is 27.5 Å². The Kier molecular flexibility index (Phi) is 9.88. The van der Waals surface area contributed by atoms with Gasteiger partial charge in [0.25, 0.3) is 0 Å². The van der Waals surface area contributed by atoms with Crippen molar-refractivity contribution in [3.8, 4) is 16.9 Å². The van der Waals surface area contributed by atoms with Crippen LogP contribution in [0.15, 0.2) is 77.9 Å². The number of aromatic nitrogens is 6. The number of fused-ring (bicyclic) bond motifs is 1. The van der Waals surface area contributed by atoms with E-state index in [-0.39, 0.29) is 24.5 Å². The summed E-state index contributed by atoms with van der Waals surface area (Å²) >= 11 is 16.3. The number of hydrogen-bond acceptors (Lipinski definition) is 8. The summed E-state index contributed by atoms with van der Waals surface area (Å²) in [5.41, 5.74) is 1.33. The number of rotatable bonds is 8. The smallest absolute Gasteiger partial charge is 0.194 e. The predicted molar refractivity (Wildman–Crippen MR) is 176 cm³/mol. The highest BCUT2D eigenvalue weighted by atomic mass is 79.9. The third kappa shape index (κ3) is 6.78. The van der Waals surface area contributed by atoms with Crippen molar-refractivity contribution in [2.24, 2.45) is 0 Å². The fourth-order valence-electron chi connectivity index (χ4n) is 5.98. The van der Waals surface area contributed by atoms with Gasteiger partial charge < -0.3 is 18.9 Å². The molecule has 254 valence electrons. The van der Waals surface area contributed by atoms with Gasteiger partial charge in [-0.05, 0) is 42.2 Å². The molecule has 7 rings (SSSR count). The van der Waals surface area contributed by atoms with Crippen LogP contribution in [0.25, 0.3) is 16.9 Å². The Bertz CT molecular complexity index is 1980. The Morgan fingerprint density at radius 3 is 2.57 bits per heavy atom. The quantitative estimate of drug-likeness (QED) is 0.148. The third-order valence-corrected chi connectivity index (χ3v) is 9.05. The van der Waals surface area contributed by atoms with Crippen molar-refractivity contribution in [2.45, 2.75) is 43.7 Å². The SMILES string of the molecule is Cc1nc(C2OC3COC(c4ccccc4)OC3C(n3cc(-c4cc(F)c(F)c(F)c4)nn3)C2OC/C=C/Br)n(-c2cc(Cl)ccc2Cl)n1. The summed E-state index contributed by atoms with van der Waals surface area (Å²) in [7, 11) is 0. The average Bonchev–Trinajstić information content (AvgIpc) is 3.75. The molecule has 10 nitrogen and oxygen atoms in total. The van der Waals surface area contributed by atoms with E-state index in [0.717, 1.165) is 17.7 Å². The zero-order valence-electron chi connectivity index (χ0n) is 25.5. The molecule has 0 spiro atoms. The summed E-state index contributed by atoms with van der Waals surface area (Å²) in [5.74, 6) is -3.51. The Labute approximate surface area is 296 Å². The van der Waals surface area contributed by atoms with Crippen LogP contribution in [0.3, 0.4) is 0 Å². The second-order valence-corrected chi connectivity index (χ2v) is 12.7. The van der Waals surface area contributed by atoms with Crippen LogP contribution < -0.4 is 0 Å². The molecule has 0 radical (unpaired) electrons. The first-order chi connectivity index (χ1) is 23.7. The van der Waals surface area contributed by atoms with E-state index in [0.29, 0.717) is 27.4 Å². The molecule has 3 aromatic carbocycles. The van der Waals surface area contributed by atoms with Gasteiger partial charge in [0, 0.05) is 16.1 Å². The lowest BCUT2D eigenvalue weighted by molar-refractivity contribution is -0.322. The summed E-state index contributed by atoms with van der Waals surface area (Å²) < 4.78 is 71.3. The molecule has 4 heterocycles. The van der Waals surface area contributed by atoms with E-state index in [1.165, 1.54) is 10.9 Å². The molecular weight excluding hydrogens is 752 g/mol. The van der Waals surface area contributed by atoms with Gasteiger partial charge in [0.15, 0.2) is 29.6 Å². The van der Waals surface area contributed by atoms with Crippen molar-refractivity contribution >= 4 is 39.1 Å². The zero-order chi connectivity index (χ0) is 34.2. The summed E-state index contributed by atoms with van der Waals surface area (Å²) in [6.45, 7) is 1.97. The minimum atomic E-state index is -1.58. The fourth-order valence-corrected chi connectivity index (χ4v) is 6.49. The molecule has 49 heavy (non-hydrogen) atoms. The van der Waals surface area contributed by atoms with E-state index in [9.17, 15) is 13.2 Å². The number of nitrogens with zero attached hydrogens (tertiary/aromatic N) is 6. The highest BCUT2D eigenvalue weighted by molar-refractivity contribution is 9.11. The van der Waals surface area contributed by atoms with E-state index in [1.54, 1.807) is 40.9 Å². The summed E-state index contributed by atoms with van der Waals surface area (Å²) in [6, 6.07) is 15.3. The maximum atomic E-state index is 14.2. The minimum Gasteiger partial charge on any atom is -0.369 e. The molecule has 2 saturated heterocycles. The lowest BCUT2D eigenvalue weighted by atomic mass is 9.90. The van der Waals surface area contributed by atoms with Crippen molar-refractivity contribution in [3.63, 3.8) is 0 Å². The van der Waals surface area contributed by atoms with Crippen molar-refractivity contribution in [3.05, 3.63) is 123 Å². The first kappa shape index (κ1) is 33.8. The van der Waals surface area contributed by atoms with E-state index < -0.39 is 54.2 Å². The van der Waals surface area contributed by atoms with E-state index >= 15 is 0 Å². The molecule has 5 aromatic rings. The predicted octanol–water partition coefficient (Wildman–Crippen LogP) is 7.65. The molecule has 16 heteroatoms. The van der Waals surface area contributed by atoms with E-state index in [2.05, 4.69) is 31.3 Å². The highest BCUT2D eigenvalue weighted by Crippen LogP contribution is 2.45. The van der Waals surface area contributed by atoms with Gasteiger partial charge in [-0.2, -0.15) is 5.10 Å². The van der Waals surface area contributed by atoms with Crippen LogP contribution in [-0.2, 0) is 18.9 Å². The van der Waals surface area contributed by atoms with Crippen LogP contribution in [0.2, 0.25) is 10.0 Å². The Balaban J connectivity index is 1.36. The highest BCUT2D eigenvalue weighted by Gasteiger charge is 2.53. The van der Waals surface area contributed by atoms with E-state index in [4.69, 9.17) is 47.1 Å². The van der Waals surface area contributed by atoms with Gasteiger partial charge in [-0.15, -0.1) is 5.10 Å². The topological polar surface area (TPSA) is 98.3 Å². The van der Waals surface area contributed by atoms with E-state index in [1.807, 2.05) is 30.3 Å². The number of benzene rings is 3. The molecular formula is C33H26BrCl2F3N6O4. The van der Waals surface area contributed by atoms with Gasteiger partial charge in [-0.1, -0.05) is 80.8 Å². The fraction of sp³-hybridized carbons (Fsp3) is 0.273. The standard InChI is InChI=1S/C33H26BrCl2F3N6O4/c1-17-40-32(45(42-17)25-14-20(35)8-9-21(25)36)31-30(46-11-5-10-34)28(29-26(48-31)16-47-33(49-29)18-6-3-2-4-7-18)44-15-24(41-43-44)19-12-22(37)27(39)23(38)13-19/h2-10,12-15,26,28-31,33H,11,16H2,1H3/b10-5+. The van der Waals surface area contributed by atoms with Crippen LogP contribution in [-0.4, -0.2) is 61.3 Å². The largest absolute Gasteiger partial charge is 0.369 e. The van der Waals surface area contributed by atoms with Crippen molar-refractivity contribution in [2.75, 3.05) is 13.2 Å². The van der Waals surface area contributed by atoms with Gasteiger partial charge in [0.2, 0.25) is 0 Å². The van der Waals surface area contributed by atoms with Crippen LogP contribution in [0.5, 0.6) is 0 Å². The maximum Gasteiger partial charge on any atom is 0.194 e. The summed E-state index contributed by atoms with van der Waals surface area (Å²) in [4.78, 5) is 6.40. The normalized spacial score (nSPS) is 24.0. The molecule has 0 saturated carbocycles. The lowest BCUT2D eigenvalue weighted by Gasteiger charge is -2.49. The van der Waals surface area contributed by atoms with Gasteiger partial charge in [0.05, 0.1) is 30.1 Å². The zero-order valence-corrected chi connectivity index (χ0v) is 28.6. The second-order valence-electron chi connectivity index (χ2n) is 11.3. The molecule has 2 fully saturated rings. The monoisotopic (exact) mass is 776 g/mol. The molecule has 0 bridgehead atoms. The van der Waals surface area contributed by atoms with Crippen LogP contribution in [0.4, 0.5) is 13.2 Å². The molecule has 0 amide bonds. The van der Waals surface area contributed by atoms with Gasteiger partial charge >= 0.3 is 0 Å². The molecule has 2 aromatic heterocycles. The first-order valence-corrected chi connectivity index (χ1v) is 16.7.